The average Bonchev–Trinajstić information content (AvgIpc) is 2.09. The van der Waals surface area contributed by atoms with Crippen molar-refractivity contribution in [2.75, 3.05) is 5.73 Å². The highest BCUT2D eigenvalue weighted by Crippen LogP contribution is 2.16. The second-order valence-electron chi connectivity index (χ2n) is 3.30. The molecular weight excluding hydrogens is 160 g/mol. The third-order valence-electron chi connectivity index (χ3n) is 2.06. The highest BCUT2D eigenvalue weighted by molar-refractivity contribution is 5.65. The average molecular weight is 176 g/mol. The van der Waals surface area contributed by atoms with Gasteiger partial charge in [0.25, 0.3) is 0 Å². The summed E-state index contributed by atoms with van der Waals surface area (Å²) in [6.45, 7) is 6.17. The first kappa shape index (κ1) is 9.78. The molecule has 0 saturated carbocycles. The first-order chi connectivity index (χ1) is 6.13. The lowest BCUT2D eigenvalue weighted by atomic mass is 10.1. The Morgan fingerprint density at radius 3 is 2.85 bits per heavy atom. The zero-order valence-corrected chi connectivity index (χ0v) is 8.46. The van der Waals surface area contributed by atoms with Crippen LogP contribution in [-0.2, 0) is 0 Å². The van der Waals surface area contributed by atoms with Crippen molar-refractivity contribution in [3.63, 3.8) is 0 Å². The van der Waals surface area contributed by atoms with Crippen LogP contribution in [0.3, 0.4) is 0 Å². The predicted molar refractivity (Wildman–Crippen MR) is 57.3 cm³/mol. The largest absolute Gasteiger partial charge is 0.398 e. The molecule has 0 fully saturated rings. The van der Waals surface area contributed by atoms with Crippen LogP contribution in [0.15, 0.2) is 17.8 Å². The van der Waals surface area contributed by atoms with E-state index in [2.05, 4.69) is 24.9 Å². The summed E-state index contributed by atoms with van der Waals surface area (Å²) in [6, 6.07) is 1.90. The number of hydrogen-bond donors (Lipinski definition) is 1. The number of pyridine rings is 1. The Bertz CT molecular complexity index is 327. The normalized spacial score (nSPS) is 11.8. The molecular formula is C11H16N2. The standard InChI is InChI=1S/C11H16N2/c1-4-8(2)5-10-7-13-9(3)6-11(10)12/h5-7H,4H2,1-3H3,(H2,12,13). The monoisotopic (exact) mass is 176 g/mol. The maximum absolute atomic E-state index is 5.84. The third kappa shape index (κ3) is 2.58. The van der Waals surface area contributed by atoms with E-state index in [4.69, 9.17) is 5.73 Å². The van der Waals surface area contributed by atoms with Gasteiger partial charge >= 0.3 is 0 Å². The number of nitrogen functional groups attached to an aromatic ring is 1. The van der Waals surface area contributed by atoms with Gasteiger partial charge < -0.3 is 5.73 Å². The summed E-state index contributed by atoms with van der Waals surface area (Å²) in [5.41, 5.74) is 9.94. The Balaban J connectivity index is 3.03. The molecule has 0 aromatic carbocycles. The molecule has 0 atom stereocenters. The third-order valence-corrected chi connectivity index (χ3v) is 2.06. The van der Waals surface area contributed by atoms with Gasteiger partial charge in [0, 0.05) is 23.1 Å². The topological polar surface area (TPSA) is 38.9 Å². The van der Waals surface area contributed by atoms with Crippen LogP contribution in [0.5, 0.6) is 0 Å². The van der Waals surface area contributed by atoms with Crippen molar-refractivity contribution < 1.29 is 0 Å². The van der Waals surface area contributed by atoms with Gasteiger partial charge in [0.2, 0.25) is 0 Å². The molecule has 1 heterocycles. The molecule has 2 N–H and O–H groups in total. The lowest BCUT2D eigenvalue weighted by molar-refractivity contribution is 1.11. The molecule has 0 aliphatic rings. The van der Waals surface area contributed by atoms with Gasteiger partial charge in [-0.15, -0.1) is 0 Å². The van der Waals surface area contributed by atoms with Crippen LogP contribution >= 0.6 is 0 Å². The second-order valence-corrected chi connectivity index (χ2v) is 3.30. The summed E-state index contributed by atoms with van der Waals surface area (Å²) in [7, 11) is 0. The fourth-order valence-electron chi connectivity index (χ4n) is 1.08. The maximum Gasteiger partial charge on any atom is 0.0421 e. The van der Waals surface area contributed by atoms with Crippen LogP contribution in [0.1, 0.15) is 31.5 Å². The quantitative estimate of drug-likeness (QED) is 0.752. The van der Waals surface area contributed by atoms with E-state index in [9.17, 15) is 0 Å². The van der Waals surface area contributed by atoms with E-state index in [1.54, 1.807) is 0 Å². The highest BCUT2D eigenvalue weighted by Gasteiger charge is 1.96. The van der Waals surface area contributed by atoms with Crippen LogP contribution in [0, 0.1) is 6.92 Å². The van der Waals surface area contributed by atoms with Crippen molar-refractivity contribution >= 4 is 11.8 Å². The number of nitrogens with two attached hydrogens (primary N) is 1. The molecule has 1 aromatic rings. The van der Waals surface area contributed by atoms with Crippen LogP contribution < -0.4 is 5.73 Å². The summed E-state index contributed by atoms with van der Waals surface area (Å²) in [5.74, 6) is 0. The van der Waals surface area contributed by atoms with E-state index in [0.717, 1.165) is 23.4 Å². The smallest absolute Gasteiger partial charge is 0.0421 e. The van der Waals surface area contributed by atoms with Crippen molar-refractivity contribution in [2.24, 2.45) is 0 Å². The first-order valence-corrected chi connectivity index (χ1v) is 4.52. The van der Waals surface area contributed by atoms with Gasteiger partial charge in [-0.3, -0.25) is 4.98 Å². The zero-order chi connectivity index (χ0) is 9.84. The van der Waals surface area contributed by atoms with Gasteiger partial charge in [-0.25, -0.2) is 0 Å². The predicted octanol–water partition coefficient (Wildman–Crippen LogP) is 2.79. The number of allylic oxidation sites excluding steroid dienone is 1. The van der Waals surface area contributed by atoms with E-state index in [-0.39, 0.29) is 0 Å². The lowest BCUT2D eigenvalue weighted by Crippen LogP contribution is -1.92. The van der Waals surface area contributed by atoms with Crippen LogP contribution in [0.25, 0.3) is 6.08 Å². The van der Waals surface area contributed by atoms with E-state index in [1.165, 1.54) is 5.57 Å². The summed E-state index contributed by atoms with van der Waals surface area (Å²) in [6.07, 6.45) is 4.96. The molecule has 2 nitrogen and oxygen atoms in total. The molecule has 1 aromatic heterocycles. The summed E-state index contributed by atoms with van der Waals surface area (Å²) >= 11 is 0. The number of aromatic nitrogens is 1. The molecule has 0 aliphatic carbocycles. The van der Waals surface area contributed by atoms with Crippen LogP contribution in [-0.4, -0.2) is 4.98 Å². The van der Waals surface area contributed by atoms with Gasteiger partial charge in [-0.1, -0.05) is 18.6 Å². The van der Waals surface area contributed by atoms with Gasteiger partial charge in [-0.05, 0) is 26.3 Å². The maximum atomic E-state index is 5.84. The molecule has 0 saturated heterocycles. The van der Waals surface area contributed by atoms with Gasteiger partial charge in [0.15, 0.2) is 0 Å². The second kappa shape index (κ2) is 4.08. The molecule has 1 rings (SSSR count). The van der Waals surface area contributed by atoms with E-state index < -0.39 is 0 Å². The van der Waals surface area contributed by atoms with Gasteiger partial charge in [0.05, 0.1) is 0 Å². The SMILES string of the molecule is CCC(C)=Cc1cnc(C)cc1N. The van der Waals surface area contributed by atoms with Crippen molar-refractivity contribution in [2.45, 2.75) is 27.2 Å². The highest BCUT2D eigenvalue weighted by atomic mass is 14.7. The molecule has 0 unspecified atom stereocenters. The summed E-state index contributed by atoms with van der Waals surface area (Å²) < 4.78 is 0. The Labute approximate surface area is 79.5 Å². The molecule has 0 aliphatic heterocycles. The first-order valence-electron chi connectivity index (χ1n) is 4.52. The number of anilines is 1. The molecule has 70 valence electrons. The van der Waals surface area contributed by atoms with Gasteiger partial charge in [0.1, 0.15) is 0 Å². The Morgan fingerprint density at radius 1 is 1.62 bits per heavy atom. The molecule has 0 radical (unpaired) electrons. The van der Waals surface area contributed by atoms with Gasteiger partial charge in [-0.2, -0.15) is 0 Å². The number of rotatable bonds is 2. The van der Waals surface area contributed by atoms with Crippen molar-refractivity contribution in [3.8, 4) is 0 Å². The number of nitrogens with zero attached hydrogens (tertiary/aromatic N) is 1. The molecule has 0 spiro atoms. The molecule has 2 heteroatoms. The van der Waals surface area contributed by atoms with Crippen molar-refractivity contribution in [1.82, 2.24) is 4.98 Å². The Kier molecular flexibility index (Phi) is 3.07. The minimum Gasteiger partial charge on any atom is -0.398 e. The Hall–Kier alpha value is -1.31. The summed E-state index contributed by atoms with van der Waals surface area (Å²) in [5, 5.41) is 0. The van der Waals surface area contributed by atoms with Crippen LogP contribution in [0.4, 0.5) is 5.69 Å². The van der Waals surface area contributed by atoms with E-state index in [1.807, 2.05) is 19.2 Å². The van der Waals surface area contributed by atoms with Crippen molar-refractivity contribution in [1.29, 1.82) is 0 Å². The fourth-order valence-corrected chi connectivity index (χ4v) is 1.08. The number of hydrogen-bond acceptors (Lipinski definition) is 2. The minimum atomic E-state index is 0.806. The lowest BCUT2D eigenvalue weighted by Gasteiger charge is -2.02. The van der Waals surface area contributed by atoms with Crippen LogP contribution in [0.2, 0.25) is 0 Å². The molecule has 13 heavy (non-hydrogen) atoms. The minimum absolute atomic E-state index is 0.806. The van der Waals surface area contributed by atoms with Crippen molar-refractivity contribution in [3.05, 3.63) is 29.1 Å². The molecule has 0 bridgehead atoms. The Morgan fingerprint density at radius 2 is 2.31 bits per heavy atom. The van der Waals surface area contributed by atoms with E-state index >= 15 is 0 Å². The summed E-state index contributed by atoms with van der Waals surface area (Å²) in [4.78, 5) is 4.20. The van der Waals surface area contributed by atoms with E-state index in [0.29, 0.717) is 0 Å². The zero-order valence-electron chi connectivity index (χ0n) is 8.46. The number of aryl methyl sites for hydroxylation is 1. The fraction of sp³-hybridized carbons (Fsp3) is 0.364. The molecule has 0 amide bonds.